The Kier molecular flexibility index (Phi) is 4.45. The van der Waals surface area contributed by atoms with Crippen molar-refractivity contribution < 1.29 is 0 Å². The predicted molar refractivity (Wildman–Crippen MR) is 83.3 cm³/mol. The summed E-state index contributed by atoms with van der Waals surface area (Å²) in [6.45, 7) is 9.10. The van der Waals surface area contributed by atoms with E-state index in [4.69, 9.17) is 5.73 Å². The van der Waals surface area contributed by atoms with Gasteiger partial charge in [-0.2, -0.15) is 4.98 Å². The van der Waals surface area contributed by atoms with Crippen LogP contribution in [0, 0.1) is 0 Å². The van der Waals surface area contributed by atoms with Crippen LogP contribution in [0.1, 0.15) is 13.8 Å². The third-order valence-corrected chi connectivity index (χ3v) is 3.99. The lowest BCUT2D eigenvalue weighted by Gasteiger charge is -2.43. The zero-order chi connectivity index (χ0) is 14.8. The molecule has 1 aliphatic heterocycles. The lowest BCUT2D eigenvalue weighted by molar-refractivity contribution is 0.119. The van der Waals surface area contributed by atoms with Crippen LogP contribution in [-0.2, 0) is 0 Å². The standard InChI is InChI=1S/C14H26N6/c1-14(2,11-15)20-9-7-19(8-10-20)12-5-6-16-13(17-12)18(3)4/h5-6H,7-11,15H2,1-4H3. The van der Waals surface area contributed by atoms with E-state index in [-0.39, 0.29) is 5.54 Å². The Morgan fingerprint density at radius 1 is 1.25 bits per heavy atom. The summed E-state index contributed by atoms with van der Waals surface area (Å²) in [7, 11) is 3.92. The first-order valence-corrected chi connectivity index (χ1v) is 7.14. The van der Waals surface area contributed by atoms with E-state index in [1.165, 1.54) is 0 Å². The average Bonchev–Trinajstić information content (AvgIpc) is 2.47. The minimum Gasteiger partial charge on any atom is -0.354 e. The summed E-state index contributed by atoms with van der Waals surface area (Å²) in [6.07, 6.45) is 1.83. The van der Waals surface area contributed by atoms with E-state index in [1.54, 1.807) is 0 Å². The molecule has 1 aliphatic rings. The molecule has 0 aliphatic carbocycles. The summed E-state index contributed by atoms with van der Waals surface area (Å²) in [5.41, 5.74) is 5.93. The summed E-state index contributed by atoms with van der Waals surface area (Å²) in [5, 5.41) is 0. The summed E-state index contributed by atoms with van der Waals surface area (Å²) in [5.74, 6) is 1.76. The molecule has 0 spiro atoms. The number of piperazine rings is 1. The monoisotopic (exact) mass is 278 g/mol. The van der Waals surface area contributed by atoms with Gasteiger partial charge in [-0.25, -0.2) is 4.98 Å². The van der Waals surface area contributed by atoms with Crippen LogP contribution in [0.3, 0.4) is 0 Å². The molecule has 0 unspecified atom stereocenters. The smallest absolute Gasteiger partial charge is 0.226 e. The fraction of sp³-hybridized carbons (Fsp3) is 0.714. The molecule has 2 rings (SSSR count). The first-order valence-electron chi connectivity index (χ1n) is 7.14. The Bertz CT molecular complexity index is 437. The van der Waals surface area contributed by atoms with Crippen LogP contribution in [0.4, 0.5) is 11.8 Å². The molecule has 20 heavy (non-hydrogen) atoms. The zero-order valence-electron chi connectivity index (χ0n) is 13.0. The fourth-order valence-corrected chi connectivity index (χ4v) is 2.40. The second-order valence-corrected chi connectivity index (χ2v) is 6.10. The van der Waals surface area contributed by atoms with Crippen LogP contribution in [0.25, 0.3) is 0 Å². The van der Waals surface area contributed by atoms with Crippen LogP contribution in [0.15, 0.2) is 12.3 Å². The van der Waals surface area contributed by atoms with Crippen LogP contribution in [0.5, 0.6) is 0 Å². The predicted octanol–water partition coefficient (Wildman–Crippen LogP) is 0.402. The second-order valence-electron chi connectivity index (χ2n) is 6.10. The summed E-state index contributed by atoms with van der Waals surface area (Å²) in [6, 6.07) is 1.98. The van der Waals surface area contributed by atoms with Gasteiger partial charge in [-0.1, -0.05) is 0 Å². The van der Waals surface area contributed by atoms with Gasteiger partial charge in [0.1, 0.15) is 5.82 Å². The number of nitrogens with two attached hydrogens (primary N) is 1. The Balaban J connectivity index is 2.02. The summed E-state index contributed by atoms with van der Waals surface area (Å²) >= 11 is 0. The SMILES string of the molecule is CN(C)c1nccc(N2CCN(C(C)(C)CN)CC2)n1. The van der Waals surface area contributed by atoms with Gasteiger partial charge in [-0.3, -0.25) is 4.90 Å². The van der Waals surface area contributed by atoms with Gasteiger partial charge in [-0.15, -0.1) is 0 Å². The molecule has 6 heteroatoms. The Hall–Kier alpha value is -1.40. The third kappa shape index (κ3) is 3.19. The number of rotatable bonds is 4. The first-order chi connectivity index (χ1) is 9.44. The van der Waals surface area contributed by atoms with E-state index >= 15 is 0 Å². The molecular weight excluding hydrogens is 252 g/mol. The van der Waals surface area contributed by atoms with Crippen molar-refractivity contribution in [1.82, 2.24) is 14.9 Å². The van der Waals surface area contributed by atoms with Gasteiger partial charge in [0.05, 0.1) is 0 Å². The molecule has 0 aromatic carbocycles. The largest absolute Gasteiger partial charge is 0.354 e. The molecule has 112 valence electrons. The van der Waals surface area contributed by atoms with Crippen molar-refractivity contribution in [3.63, 3.8) is 0 Å². The highest BCUT2D eigenvalue weighted by atomic mass is 15.3. The van der Waals surface area contributed by atoms with Gasteiger partial charge in [0.25, 0.3) is 0 Å². The molecule has 1 aromatic rings. The molecule has 1 fully saturated rings. The van der Waals surface area contributed by atoms with Crippen LogP contribution >= 0.6 is 0 Å². The van der Waals surface area contributed by atoms with E-state index in [0.29, 0.717) is 6.54 Å². The first kappa shape index (κ1) is 15.0. The van der Waals surface area contributed by atoms with Gasteiger partial charge in [0, 0.05) is 58.6 Å². The average molecular weight is 278 g/mol. The van der Waals surface area contributed by atoms with Crippen LogP contribution < -0.4 is 15.5 Å². The van der Waals surface area contributed by atoms with Crippen molar-refractivity contribution in [3.8, 4) is 0 Å². The van der Waals surface area contributed by atoms with Gasteiger partial charge in [-0.05, 0) is 19.9 Å². The quantitative estimate of drug-likeness (QED) is 0.860. The Labute approximate surface area is 121 Å². The van der Waals surface area contributed by atoms with E-state index in [9.17, 15) is 0 Å². The second kappa shape index (κ2) is 5.93. The van der Waals surface area contributed by atoms with Gasteiger partial charge >= 0.3 is 0 Å². The summed E-state index contributed by atoms with van der Waals surface area (Å²) < 4.78 is 0. The number of hydrogen-bond acceptors (Lipinski definition) is 6. The lowest BCUT2D eigenvalue weighted by Crippen LogP contribution is -2.57. The lowest BCUT2D eigenvalue weighted by atomic mass is 10.0. The third-order valence-electron chi connectivity index (χ3n) is 3.99. The fourth-order valence-electron chi connectivity index (χ4n) is 2.40. The molecule has 2 N–H and O–H groups in total. The van der Waals surface area contributed by atoms with Crippen molar-refractivity contribution in [2.75, 3.05) is 56.6 Å². The molecule has 0 bridgehead atoms. The highest BCUT2D eigenvalue weighted by Crippen LogP contribution is 2.20. The molecule has 0 atom stereocenters. The normalized spacial score (nSPS) is 17.4. The van der Waals surface area contributed by atoms with Crippen molar-refractivity contribution in [2.24, 2.45) is 5.73 Å². The number of aromatic nitrogens is 2. The molecule has 1 saturated heterocycles. The molecule has 2 heterocycles. The number of nitrogens with zero attached hydrogens (tertiary/aromatic N) is 5. The van der Waals surface area contributed by atoms with E-state index < -0.39 is 0 Å². The Morgan fingerprint density at radius 2 is 1.90 bits per heavy atom. The zero-order valence-corrected chi connectivity index (χ0v) is 13.0. The van der Waals surface area contributed by atoms with Gasteiger partial charge in [0.15, 0.2) is 0 Å². The van der Waals surface area contributed by atoms with Crippen molar-refractivity contribution in [3.05, 3.63) is 12.3 Å². The molecule has 6 nitrogen and oxygen atoms in total. The maximum Gasteiger partial charge on any atom is 0.226 e. The van der Waals surface area contributed by atoms with Crippen LogP contribution in [0.2, 0.25) is 0 Å². The Morgan fingerprint density at radius 3 is 2.45 bits per heavy atom. The van der Waals surface area contributed by atoms with E-state index in [1.807, 2.05) is 31.3 Å². The molecule has 0 saturated carbocycles. The topological polar surface area (TPSA) is 61.5 Å². The van der Waals surface area contributed by atoms with Crippen molar-refractivity contribution in [2.45, 2.75) is 19.4 Å². The molecule has 1 aromatic heterocycles. The number of hydrogen-bond donors (Lipinski definition) is 1. The number of anilines is 2. The minimum atomic E-state index is 0.0760. The highest BCUT2D eigenvalue weighted by molar-refractivity contribution is 5.43. The molecule has 0 radical (unpaired) electrons. The maximum absolute atomic E-state index is 5.85. The van der Waals surface area contributed by atoms with Crippen LogP contribution in [-0.4, -0.2) is 67.2 Å². The van der Waals surface area contributed by atoms with Crippen molar-refractivity contribution in [1.29, 1.82) is 0 Å². The minimum absolute atomic E-state index is 0.0760. The van der Waals surface area contributed by atoms with E-state index in [2.05, 4.69) is 33.6 Å². The van der Waals surface area contributed by atoms with Gasteiger partial charge < -0.3 is 15.5 Å². The van der Waals surface area contributed by atoms with Gasteiger partial charge in [0.2, 0.25) is 5.95 Å². The van der Waals surface area contributed by atoms with Crippen molar-refractivity contribution >= 4 is 11.8 Å². The highest BCUT2D eigenvalue weighted by Gasteiger charge is 2.29. The summed E-state index contributed by atoms with van der Waals surface area (Å²) in [4.78, 5) is 15.6. The molecular formula is C14H26N6. The maximum atomic E-state index is 5.85. The molecule has 0 amide bonds. The van der Waals surface area contributed by atoms with E-state index in [0.717, 1.165) is 37.9 Å².